The average molecular weight is 268 g/mol. The molecule has 0 aliphatic heterocycles. The molecule has 2 aromatic rings. The van der Waals surface area contributed by atoms with Crippen molar-refractivity contribution in [2.75, 3.05) is 7.11 Å². The first-order chi connectivity index (χ1) is 8.61. The SMILES string of the molecule is COc1ccc2ccc(=O)oc2c1CC=C(C)C.[NaH]. The van der Waals surface area contributed by atoms with Crippen LogP contribution in [0.2, 0.25) is 0 Å². The number of fused-ring (bicyclic) bond motifs is 1. The first-order valence-corrected chi connectivity index (χ1v) is 5.85. The van der Waals surface area contributed by atoms with E-state index in [-0.39, 0.29) is 35.2 Å². The second-order valence-electron chi connectivity index (χ2n) is 4.40. The summed E-state index contributed by atoms with van der Waals surface area (Å²) in [5.41, 5.74) is 2.40. The summed E-state index contributed by atoms with van der Waals surface area (Å²) in [7, 11) is 1.62. The van der Waals surface area contributed by atoms with Gasteiger partial charge >= 0.3 is 35.2 Å². The average Bonchev–Trinajstić information content (AvgIpc) is 2.35. The van der Waals surface area contributed by atoms with Crippen molar-refractivity contribution >= 4 is 40.5 Å². The third-order valence-electron chi connectivity index (χ3n) is 2.78. The summed E-state index contributed by atoms with van der Waals surface area (Å²) in [4.78, 5) is 11.4. The van der Waals surface area contributed by atoms with Crippen LogP contribution >= 0.6 is 0 Å². The zero-order chi connectivity index (χ0) is 13.1. The van der Waals surface area contributed by atoms with E-state index in [9.17, 15) is 4.79 Å². The van der Waals surface area contributed by atoms with Gasteiger partial charge in [-0.05, 0) is 38.5 Å². The van der Waals surface area contributed by atoms with Crippen molar-refractivity contribution in [1.29, 1.82) is 0 Å². The predicted molar refractivity (Wildman–Crippen MR) is 79.3 cm³/mol. The second kappa shape index (κ2) is 6.94. The first-order valence-electron chi connectivity index (χ1n) is 5.85. The monoisotopic (exact) mass is 268 g/mol. The van der Waals surface area contributed by atoms with Gasteiger partial charge in [0.2, 0.25) is 0 Å². The van der Waals surface area contributed by atoms with Crippen molar-refractivity contribution in [1.82, 2.24) is 0 Å². The Morgan fingerprint density at radius 2 is 1.95 bits per heavy atom. The number of hydrogen-bond acceptors (Lipinski definition) is 3. The third-order valence-corrected chi connectivity index (χ3v) is 2.78. The van der Waals surface area contributed by atoms with Gasteiger partial charge in [-0.2, -0.15) is 0 Å². The van der Waals surface area contributed by atoms with E-state index >= 15 is 0 Å². The Hall–Kier alpha value is -1.03. The number of benzene rings is 1. The van der Waals surface area contributed by atoms with Crippen LogP contribution in [0.5, 0.6) is 5.75 Å². The molecule has 0 aliphatic carbocycles. The Labute approximate surface area is 134 Å². The zero-order valence-electron chi connectivity index (χ0n) is 10.8. The molecular formula is C15H17NaO3. The van der Waals surface area contributed by atoms with Crippen LogP contribution in [-0.2, 0) is 6.42 Å². The minimum atomic E-state index is -0.339. The van der Waals surface area contributed by atoms with Crippen LogP contribution in [0.25, 0.3) is 11.0 Å². The molecule has 96 valence electrons. The Morgan fingerprint density at radius 3 is 2.58 bits per heavy atom. The molecule has 1 aromatic heterocycles. The van der Waals surface area contributed by atoms with E-state index in [0.29, 0.717) is 12.0 Å². The molecule has 3 nitrogen and oxygen atoms in total. The van der Waals surface area contributed by atoms with Gasteiger partial charge in [-0.25, -0.2) is 4.79 Å². The van der Waals surface area contributed by atoms with Crippen LogP contribution in [0.4, 0.5) is 0 Å². The van der Waals surface area contributed by atoms with Crippen molar-refractivity contribution in [3.8, 4) is 5.75 Å². The maximum absolute atomic E-state index is 11.4. The molecule has 1 heterocycles. The van der Waals surface area contributed by atoms with Gasteiger partial charge in [-0.3, -0.25) is 0 Å². The fraction of sp³-hybridized carbons (Fsp3) is 0.267. The first kappa shape index (κ1) is 16.0. The maximum atomic E-state index is 11.4. The second-order valence-corrected chi connectivity index (χ2v) is 4.40. The van der Waals surface area contributed by atoms with E-state index in [2.05, 4.69) is 6.08 Å². The molecule has 0 saturated carbocycles. The van der Waals surface area contributed by atoms with Crippen molar-refractivity contribution in [3.05, 3.63) is 51.9 Å². The van der Waals surface area contributed by atoms with Gasteiger partial charge in [0.1, 0.15) is 11.3 Å². The molecule has 4 heteroatoms. The number of hydrogen-bond donors (Lipinski definition) is 0. The van der Waals surface area contributed by atoms with Crippen molar-refractivity contribution in [3.63, 3.8) is 0 Å². The Balaban J connectivity index is 0.00000180. The molecule has 19 heavy (non-hydrogen) atoms. The standard InChI is InChI=1S/C15H16O3.Na.H/c1-10(2)4-7-12-13(17-3)8-5-11-6-9-14(16)18-15(11)12;;/h4-6,8-9H,7H2,1-3H3;;. The van der Waals surface area contributed by atoms with Crippen LogP contribution in [0.3, 0.4) is 0 Å². The van der Waals surface area contributed by atoms with E-state index in [1.807, 2.05) is 26.0 Å². The summed E-state index contributed by atoms with van der Waals surface area (Å²) in [6, 6.07) is 6.99. The van der Waals surface area contributed by atoms with Crippen LogP contribution in [0.15, 0.2) is 45.1 Å². The van der Waals surface area contributed by atoms with E-state index in [0.717, 1.165) is 16.7 Å². The molecule has 0 N–H and O–H groups in total. The summed E-state index contributed by atoms with van der Waals surface area (Å²) >= 11 is 0. The summed E-state index contributed by atoms with van der Waals surface area (Å²) in [5, 5.41) is 0.910. The molecular weight excluding hydrogens is 251 g/mol. The number of ether oxygens (including phenoxy) is 1. The third kappa shape index (κ3) is 3.72. The van der Waals surface area contributed by atoms with Crippen LogP contribution in [0.1, 0.15) is 19.4 Å². The molecule has 0 radical (unpaired) electrons. The van der Waals surface area contributed by atoms with E-state index in [1.165, 1.54) is 11.6 Å². The fourth-order valence-corrected chi connectivity index (χ4v) is 1.86. The van der Waals surface area contributed by atoms with Gasteiger partial charge in [0.15, 0.2) is 0 Å². The normalized spacial score (nSPS) is 9.84. The fourth-order valence-electron chi connectivity index (χ4n) is 1.86. The van der Waals surface area contributed by atoms with E-state index in [1.54, 1.807) is 13.2 Å². The van der Waals surface area contributed by atoms with Crippen molar-refractivity contribution in [2.45, 2.75) is 20.3 Å². The topological polar surface area (TPSA) is 39.4 Å². The quantitative estimate of drug-likeness (QED) is 0.488. The number of methoxy groups -OCH3 is 1. The molecule has 0 aliphatic rings. The number of allylic oxidation sites excluding steroid dienone is 2. The van der Waals surface area contributed by atoms with E-state index < -0.39 is 0 Å². The van der Waals surface area contributed by atoms with Crippen LogP contribution < -0.4 is 10.4 Å². The summed E-state index contributed by atoms with van der Waals surface area (Å²) < 4.78 is 10.6. The molecule has 1 aromatic carbocycles. The molecule has 0 saturated heterocycles. The van der Waals surface area contributed by atoms with Crippen LogP contribution in [-0.4, -0.2) is 36.7 Å². The molecule has 2 rings (SSSR count). The summed E-state index contributed by atoms with van der Waals surface area (Å²) in [6.07, 6.45) is 2.78. The van der Waals surface area contributed by atoms with Gasteiger partial charge in [-0.15, -0.1) is 0 Å². The minimum absolute atomic E-state index is 0. The van der Waals surface area contributed by atoms with Crippen molar-refractivity contribution < 1.29 is 9.15 Å². The molecule has 0 atom stereocenters. The Kier molecular flexibility index (Phi) is 5.85. The molecule has 0 unspecified atom stereocenters. The molecule has 0 amide bonds. The van der Waals surface area contributed by atoms with Gasteiger partial charge in [0.05, 0.1) is 7.11 Å². The Bertz CT molecular complexity index is 652. The van der Waals surface area contributed by atoms with E-state index in [4.69, 9.17) is 9.15 Å². The Morgan fingerprint density at radius 1 is 1.26 bits per heavy atom. The van der Waals surface area contributed by atoms with Gasteiger partial charge in [-0.1, -0.05) is 11.6 Å². The number of rotatable bonds is 3. The van der Waals surface area contributed by atoms with Gasteiger partial charge < -0.3 is 9.15 Å². The molecule has 0 bridgehead atoms. The van der Waals surface area contributed by atoms with Gasteiger partial charge in [0, 0.05) is 17.0 Å². The predicted octanol–water partition coefficient (Wildman–Crippen LogP) is 2.66. The summed E-state index contributed by atoms with van der Waals surface area (Å²) in [6.45, 7) is 4.07. The van der Waals surface area contributed by atoms with Gasteiger partial charge in [0.25, 0.3) is 0 Å². The zero-order valence-corrected chi connectivity index (χ0v) is 10.8. The molecule has 0 fully saturated rings. The van der Waals surface area contributed by atoms with Crippen LogP contribution in [0, 0.1) is 0 Å². The van der Waals surface area contributed by atoms with Crippen molar-refractivity contribution in [2.24, 2.45) is 0 Å². The molecule has 0 spiro atoms. The summed E-state index contributed by atoms with van der Waals surface area (Å²) in [5.74, 6) is 0.745.